The van der Waals surface area contributed by atoms with Crippen molar-refractivity contribution >= 4 is 51.1 Å². The predicted molar refractivity (Wildman–Crippen MR) is 108 cm³/mol. The Labute approximate surface area is 164 Å². The Morgan fingerprint density at radius 3 is 2.77 bits per heavy atom. The van der Waals surface area contributed by atoms with Crippen LogP contribution in [0.15, 0.2) is 41.2 Å². The number of nitrogens with zero attached hydrogens (tertiary/aromatic N) is 3. The number of carbonyl (C=O) groups excluding carboxylic acids is 1. The predicted octanol–water partition coefficient (Wildman–Crippen LogP) is 4.78. The van der Waals surface area contributed by atoms with Crippen LogP contribution in [0.4, 0.5) is 10.9 Å². The Kier molecular flexibility index (Phi) is 5.19. The number of thiazole rings is 1. The fourth-order valence-corrected chi connectivity index (χ4v) is 4.59. The third-order valence-electron chi connectivity index (χ3n) is 4.41. The van der Waals surface area contributed by atoms with Gasteiger partial charge in [-0.25, -0.2) is 9.97 Å². The number of pyridine rings is 1. The van der Waals surface area contributed by atoms with Gasteiger partial charge < -0.3 is 10.2 Å². The third-order valence-corrected chi connectivity index (χ3v) is 6.28. The van der Waals surface area contributed by atoms with Crippen molar-refractivity contribution in [1.29, 1.82) is 0 Å². The molecule has 0 radical (unpaired) electrons. The molecule has 1 amide bonds. The molecule has 0 atom stereocenters. The molecule has 1 saturated heterocycles. The number of hydrogen-bond donors (Lipinski definition) is 1. The highest BCUT2D eigenvalue weighted by Crippen LogP contribution is 2.29. The first-order chi connectivity index (χ1) is 12.7. The van der Waals surface area contributed by atoms with Crippen molar-refractivity contribution in [2.75, 3.05) is 23.3 Å². The van der Waals surface area contributed by atoms with Gasteiger partial charge in [0.15, 0.2) is 5.13 Å². The van der Waals surface area contributed by atoms with Gasteiger partial charge in [0, 0.05) is 30.6 Å². The van der Waals surface area contributed by atoms with Crippen LogP contribution in [0.2, 0.25) is 5.02 Å². The highest BCUT2D eigenvalue weighted by atomic mass is 35.5. The molecule has 0 unspecified atom stereocenters. The Hall–Kier alpha value is -1.96. The second-order valence-corrected chi connectivity index (χ2v) is 8.34. The molecule has 1 aliphatic heterocycles. The van der Waals surface area contributed by atoms with Gasteiger partial charge in [0.05, 0.1) is 15.6 Å². The van der Waals surface area contributed by atoms with Crippen molar-refractivity contribution in [1.82, 2.24) is 9.97 Å². The molecule has 134 valence electrons. The molecule has 1 N–H and O–H groups in total. The summed E-state index contributed by atoms with van der Waals surface area (Å²) in [5.41, 5.74) is 0.920. The number of carbonyl (C=O) groups is 1. The first-order valence-electron chi connectivity index (χ1n) is 8.36. The van der Waals surface area contributed by atoms with Gasteiger partial charge in [-0.2, -0.15) is 0 Å². The highest BCUT2D eigenvalue weighted by molar-refractivity contribution is 7.16. The Balaban J connectivity index is 1.33. The van der Waals surface area contributed by atoms with Crippen LogP contribution in [0.25, 0.3) is 10.6 Å². The van der Waals surface area contributed by atoms with Crippen LogP contribution in [0, 0.1) is 5.92 Å². The van der Waals surface area contributed by atoms with Crippen LogP contribution in [-0.4, -0.2) is 29.0 Å². The third kappa shape index (κ3) is 3.90. The zero-order valence-corrected chi connectivity index (χ0v) is 16.3. The number of anilines is 2. The van der Waals surface area contributed by atoms with E-state index in [0.717, 1.165) is 42.3 Å². The summed E-state index contributed by atoms with van der Waals surface area (Å²) < 4.78 is 0. The first-order valence-corrected chi connectivity index (χ1v) is 10.5. The summed E-state index contributed by atoms with van der Waals surface area (Å²) in [7, 11) is 0. The van der Waals surface area contributed by atoms with Crippen molar-refractivity contribution in [3.63, 3.8) is 0 Å². The zero-order chi connectivity index (χ0) is 17.9. The Morgan fingerprint density at radius 2 is 2.08 bits per heavy atom. The number of nitrogens with one attached hydrogen (secondary N) is 1. The van der Waals surface area contributed by atoms with E-state index in [1.54, 1.807) is 17.5 Å². The SMILES string of the molecule is O=C(Nc1nc(-c2cccs2)cs1)C1CCN(c2ccc(Cl)cn2)CC1. The van der Waals surface area contributed by atoms with Gasteiger partial charge >= 0.3 is 0 Å². The maximum Gasteiger partial charge on any atom is 0.229 e. The molecule has 0 aliphatic carbocycles. The van der Waals surface area contributed by atoms with Gasteiger partial charge in [0.1, 0.15) is 5.82 Å². The Bertz CT molecular complexity index is 871. The van der Waals surface area contributed by atoms with Crippen molar-refractivity contribution < 1.29 is 4.79 Å². The summed E-state index contributed by atoms with van der Waals surface area (Å²) in [5.74, 6) is 0.974. The van der Waals surface area contributed by atoms with Gasteiger partial charge in [-0.1, -0.05) is 17.7 Å². The lowest BCUT2D eigenvalue weighted by atomic mass is 9.96. The molecule has 0 saturated carbocycles. The van der Waals surface area contributed by atoms with E-state index in [1.165, 1.54) is 11.3 Å². The molecule has 1 fully saturated rings. The molecule has 4 heterocycles. The molecule has 1 aliphatic rings. The normalized spacial score (nSPS) is 15.2. The number of piperidine rings is 1. The van der Waals surface area contributed by atoms with Gasteiger partial charge in [-0.3, -0.25) is 4.79 Å². The number of hydrogen-bond acceptors (Lipinski definition) is 6. The largest absolute Gasteiger partial charge is 0.357 e. The van der Waals surface area contributed by atoms with E-state index in [0.29, 0.717) is 10.2 Å². The van der Waals surface area contributed by atoms with E-state index in [9.17, 15) is 4.79 Å². The van der Waals surface area contributed by atoms with E-state index in [1.807, 2.05) is 35.0 Å². The zero-order valence-electron chi connectivity index (χ0n) is 13.9. The summed E-state index contributed by atoms with van der Waals surface area (Å²) in [4.78, 5) is 24.7. The van der Waals surface area contributed by atoms with Crippen LogP contribution in [0.1, 0.15) is 12.8 Å². The highest BCUT2D eigenvalue weighted by Gasteiger charge is 2.26. The summed E-state index contributed by atoms with van der Waals surface area (Å²) in [6.45, 7) is 1.62. The number of rotatable bonds is 4. The van der Waals surface area contributed by atoms with Crippen molar-refractivity contribution in [2.45, 2.75) is 12.8 Å². The molecular formula is C18H17ClN4OS2. The summed E-state index contributed by atoms with van der Waals surface area (Å²) in [5, 5.41) is 8.28. The minimum atomic E-state index is 0.00707. The first kappa shape index (κ1) is 17.5. The van der Waals surface area contributed by atoms with Gasteiger partial charge in [0.25, 0.3) is 0 Å². The lowest BCUT2D eigenvalue weighted by Gasteiger charge is -2.31. The van der Waals surface area contributed by atoms with Gasteiger partial charge in [0.2, 0.25) is 5.91 Å². The van der Waals surface area contributed by atoms with Crippen LogP contribution in [0.5, 0.6) is 0 Å². The molecule has 8 heteroatoms. The summed E-state index contributed by atoms with van der Waals surface area (Å²) in [6.07, 6.45) is 3.27. The van der Waals surface area contributed by atoms with Gasteiger partial charge in [-0.05, 0) is 36.4 Å². The second kappa shape index (κ2) is 7.73. The maximum absolute atomic E-state index is 12.6. The molecular weight excluding hydrogens is 388 g/mol. The van der Waals surface area contributed by atoms with Crippen LogP contribution < -0.4 is 10.2 Å². The van der Waals surface area contributed by atoms with Crippen molar-refractivity contribution in [2.24, 2.45) is 5.92 Å². The minimum absolute atomic E-state index is 0.00707. The molecule has 5 nitrogen and oxygen atoms in total. The summed E-state index contributed by atoms with van der Waals surface area (Å²) >= 11 is 9.01. The molecule has 0 bridgehead atoms. The fraction of sp³-hybridized carbons (Fsp3) is 0.278. The number of aromatic nitrogens is 2. The van der Waals surface area contributed by atoms with E-state index in [4.69, 9.17) is 11.6 Å². The molecule has 3 aromatic rings. The van der Waals surface area contributed by atoms with Crippen molar-refractivity contribution in [3.8, 4) is 10.6 Å². The van der Waals surface area contributed by atoms with Crippen LogP contribution >= 0.6 is 34.3 Å². The minimum Gasteiger partial charge on any atom is -0.357 e. The average Bonchev–Trinajstić information content (AvgIpc) is 3.34. The Morgan fingerprint density at radius 1 is 1.23 bits per heavy atom. The number of amides is 1. The van der Waals surface area contributed by atoms with E-state index >= 15 is 0 Å². The fourth-order valence-electron chi connectivity index (χ4n) is 3.00. The monoisotopic (exact) mass is 404 g/mol. The standard InChI is InChI=1S/C18H17ClN4OS2/c19-13-3-4-16(20-10-13)23-7-5-12(6-8-23)17(24)22-18-21-14(11-26-18)15-2-1-9-25-15/h1-4,9-12H,5-8H2,(H,21,22,24). The van der Waals surface area contributed by atoms with E-state index < -0.39 is 0 Å². The second-order valence-electron chi connectivity index (χ2n) is 6.10. The maximum atomic E-state index is 12.6. The summed E-state index contributed by atoms with van der Waals surface area (Å²) in [6, 6.07) is 7.80. The lowest BCUT2D eigenvalue weighted by Crippen LogP contribution is -2.38. The molecule has 0 spiro atoms. The average molecular weight is 405 g/mol. The molecule has 4 rings (SSSR count). The molecule has 3 aromatic heterocycles. The van der Waals surface area contributed by atoms with E-state index in [-0.39, 0.29) is 11.8 Å². The molecule has 0 aromatic carbocycles. The number of thiophene rings is 1. The lowest BCUT2D eigenvalue weighted by molar-refractivity contribution is -0.120. The molecule has 26 heavy (non-hydrogen) atoms. The quantitative estimate of drug-likeness (QED) is 0.680. The topological polar surface area (TPSA) is 58.1 Å². The van der Waals surface area contributed by atoms with Crippen molar-refractivity contribution in [3.05, 3.63) is 46.2 Å². The van der Waals surface area contributed by atoms with Crippen LogP contribution in [-0.2, 0) is 4.79 Å². The van der Waals surface area contributed by atoms with Crippen LogP contribution in [0.3, 0.4) is 0 Å². The number of halogens is 1. The smallest absolute Gasteiger partial charge is 0.229 e. The van der Waals surface area contributed by atoms with Gasteiger partial charge in [-0.15, -0.1) is 22.7 Å². The van der Waals surface area contributed by atoms with E-state index in [2.05, 4.69) is 20.2 Å².